The highest BCUT2D eigenvalue weighted by Gasteiger charge is 2.21. The first-order chi connectivity index (χ1) is 45.5. The molecule has 0 bridgehead atoms. The van der Waals surface area contributed by atoms with Crippen LogP contribution in [-0.4, -0.2) is 34.1 Å². The topological polar surface area (TPSA) is 135 Å². The van der Waals surface area contributed by atoms with E-state index in [1.54, 1.807) is 12.1 Å². The Bertz CT molecular complexity index is 5660. The van der Waals surface area contributed by atoms with Gasteiger partial charge in [-0.3, -0.25) is 0 Å². The smallest absolute Gasteiger partial charge is 0.164 e. The highest BCUT2D eigenvalue weighted by Crippen LogP contribution is 2.43. The second-order valence-electron chi connectivity index (χ2n) is 22.6. The molecule has 0 aliphatic carbocycles. The Morgan fingerprint density at radius 1 is 0.287 bits per heavy atom. The van der Waals surface area contributed by atoms with E-state index in [9.17, 15) is 10.5 Å². The van der Waals surface area contributed by atoms with Gasteiger partial charge in [0, 0.05) is 97.2 Å². The maximum Gasteiger partial charge on any atom is 0.164 e. The van der Waals surface area contributed by atoms with Crippen LogP contribution < -0.4 is 0 Å². The fourth-order valence-corrected chi connectivity index (χ4v) is 13.9. The van der Waals surface area contributed by atoms with Crippen molar-refractivity contribution < 1.29 is 4.42 Å². The van der Waals surface area contributed by atoms with E-state index in [4.69, 9.17) is 29.3 Å². The fourth-order valence-electron chi connectivity index (χ4n) is 12.7. The van der Waals surface area contributed by atoms with Gasteiger partial charge in [-0.2, -0.15) is 10.5 Å². The summed E-state index contributed by atoms with van der Waals surface area (Å²) in [6.07, 6.45) is 0. The molecule has 10 nitrogen and oxygen atoms in total. The van der Waals surface area contributed by atoms with Crippen LogP contribution in [0.4, 0.5) is 0 Å². The summed E-state index contributed by atoms with van der Waals surface area (Å²) >= 11 is 1.84. The number of nitriles is 2. The van der Waals surface area contributed by atoms with Gasteiger partial charge < -0.3 is 13.6 Å². The van der Waals surface area contributed by atoms with Crippen molar-refractivity contribution in [3.8, 4) is 91.6 Å². The van der Waals surface area contributed by atoms with Crippen LogP contribution in [0, 0.1) is 22.7 Å². The Labute approximate surface area is 545 Å². The second kappa shape index (κ2) is 23.9. The first kappa shape index (κ1) is 57.7. The van der Waals surface area contributed by atoms with Crippen LogP contribution in [0.25, 0.3) is 165 Å². The molecule has 0 amide bonds. The number of benzene rings is 12. The average molecular weight is 1230 g/mol. The van der Waals surface area contributed by atoms with Crippen LogP contribution in [0.5, 0.6) is 0 Å². The molecular formula is C83H55N9OS. The van der Waals surface area contributed by atoms with Crippen molar-refractivity contribution in [3.63, 3.8) is 0 Å². The third kappa shape index (κ3) is 10.1. The van der Waals surface area contributed by atoms with Crippen molar-refractivity contribution in [2.45, 2.75) is 14.9 Å². The molecule has 444 valence electrons. The summed E-state index contributed by atoms with van der Waals surface area (Å²) in [6, 6.07) is 101. The fraction of sp³-hybridized carbons (Fsp3) is 0.0241. The predicted molar refractivity (Wildman–Crippen MR) is 386 cm³/mol. The third-order valence-electron chi connectivity index (χ3n) is 17.1. The molecule has 0 aliphatic heterocycles. The molecule has 0 unspecified atom stereocenters. The van der Waals surface area contributed by atoms with Crippen molar-refractivity contribution in [2.75, 3.05) is 0 Å². The van der Waals surface area contributed by atoms with Gasteiger partial charge in [0.1, 0.15) is 11.2 Å². The van der Waals surface area contributed by atoms with Crippen LogP contribution in [0.1, 0.15) is 26.0 Å². The van der Waals surface area contributed by atoms with E-state index in [0.717, 1.165) is 111 Å². The summed E-state index contributed by atoms with van der Waals surface area (Å²) in [5, 5.41) is 28.1. The van der Waals surface area contributed by atoms with Gasteiger partial charge in [0.2, 0.25) is 0 Å². The van der Waals surface area contributed by atoms with E-state index >= 15 is 0 Å². The molecule has 0 saturated heterocycles. The number of thiophene rings is 1. The zero-order valence-electron chi connectivity index (χ0n) is 49.0. The van der Waals surface area contributed by atoms with E-state index < -0.39 is 0 Å². The van der Waals surface area contributed by atoms with E-state index in [1.165, 1.54) is 30.9 Å². The first-order valence-electron chi connectivity index (χ1n) is 30.1. The van der Waals surface area contributed by atoms with Gasteiger partial charge in [-0.25, -0.2) is 24.9 Å². The molecule has 6 aromatic heterocycles. The lowest BCUT2D eigenvalue weighted by Gasteiger charge is -2.12. The molecule has 0 atom stereocenters. The van der Waals surface area contributed by atoms with E-state index in [2.05, 4.69) is 191 Å². The molecule has 0 N–H and O–H groups in total. The highest BCUT2D eigenvalue weighted by molar-refractivity contribution is 7.25. The van der Waals surface area contributed by atoms with Crippen LogP contribution in [0.3, 0.4) is 0 Å². The van der Waals surface area contributed by atoms with E-state index in [0.29, 0.717) is 34.4 Å². The standard InChI is InChI=1S/C41H24N4O.C40H23N5S.2CH4/c42-25-26-17-19-28(20-18-26)36-24-35(27-9-2-1-3-10-27)43-41(44-36)29-11-8-12-30(21-29)45-37-15-6-4-13-31(37)33-23-40-34(22-38(33)45)32-14-5-7-16-39(32)46-40;41-24-25-17-19-27(20-18-25)39-42-38(26-9-2-1-3-10-26)43-40(44-39)28-11-8-12-29(21-28)45-34-15-6-4-13-30(34)32-23-37-33(22-35(32)45)31-14-5-7-16-36(31)46-37;;/h1-24H;1-23H;2*1H4. The summed E-state index contributed by atoms with van der Waals surface area (Å²) in [5.41, 5.74) is 16.6. The van der Waals surface area contributed by atoms with Gasteiger partial charge in [-0.05, 0) is 115 Å². The number of nitrogens with zero attached hydrogens (tertiary/aromatic N) is 9. The molecule has 94 heavy (non-hydrogen) atoms. The van der Waals surface area contributed by atoms with Crippen molar-refractivity contribution in [1.82, 2.24) is 34.1 Å². The Balaban J connectivity index is 0.000000152. The molecule has 0 radical (unpaired) electrons. The van der Waals surface area contributed by atoms with Gasteiger partial charge in [0.15, 0.2) is 23.3 Å². The largest absolute Gasteiger partial charge is 0.456 e. The average Bonchev–Trinajstić information content (AvgIpc) is 1.58. The second-order valence-corrected chi connectivity index (χ2v) is 23.7. The number of para-hydroxylation sites is 3. The van der Waals surface area contributed by atoms with Crippen LogP contribution in [0.2, 0.25) is 0 Å². The third-order valence-corrected chi connectivity index (χ3v) is 18.2. The summed E-state index contributed by atoms with van der Waals surface area (Å²) in [7, 11) is 0. The summed E-state index contributed by atoms with van der Waals surface area (Å²) in [4.78, 5) is 24.9. The maximum atomic E-state index is 9.33. The molecule has 18 rings (SSSR count). The Morgan fingerprint density at radius 3 is 1.31 bits per heavy atom. The van der Waals surface area contributed by atoms with Crippen molar-refractivity contribution in [2.24, 2.45) is 0 Å². The van der Waals surface area contributed by atoms with Crippen molar-refractivity contribution in [1.29, 1.82) is 10.5 Å². The maximum absolute atomic E-state index is 9.33. The molecule has 0 aliphatic rings. The molecule has 0 saturated carbocycles. The van der Waals surface area contributed by atoms with E-state index in [-0.39, 0.29) is 14.9 Å². The lowest BCUT2D eigenvalue weighted by atomic mass is 10.1. The van der Waals surface area contributed by atoms with Gasteiger partial charge in [-0.1, -0.05) is 185 Å². The molecule has 18 aromatic rings. The number of hydrogen-bond donors (Lipinski definition) is 0. The minimum atomic E-state index is 0. The molecule has 0 spiro atoms. The number of rotatable bonds is 8. The van der Waals surface area contributed by atoms with Crippen LogP contribution in [0.15, 0.2) is 290 Å². The highest BCUT2D eigenvalue weighted by atomic mass is 32.1. The summed E-state index contributed by atoms with van der Waals surface area (Å²) < 4.78 is 13.5. The summed E-state index contributed by atoms with van der Waals surface area (Å²) in [6.45, 7) is 0. The minimum Gasteiger partial charge on any atom is -0.456 e. The number of fused-ring (bicyclic) bond motifs is 12. The minimum absolute atomic E-state index is 0. The number of furan rings is 1. The Kier molecular flexibility index (Phi) is 14.7. The normalized spacial score (nSPS) is 11.2. The Hall–Kier alpha value is -12.7. The monoisotopic (exact) mass is 1230 g/mol. The van der Waals surface area contributed by atoms with Crippen LogP contribution in [-0.2, 0) is 0 Å². The Morgan fingerprint density at radius 2 is 0.723 bits per heavy atom. The van der Waals surface area contributed by atoms with Gasteiger partial charge in [0.25, 0.3) is 0 Å². The van der Waals surface area contributed by atoms with E-state index in [1.807, 2.05) is 114 Å². The van der Waals surface area contributed by atoms with Crippen molar-refractivity contribution in [3.05, 3.63) is 296 Å². The molecule has 12 aromatic carbocycles. The molecule has 6 heterocycles. The quantitative estimate of drug-likeness (QED) is 0.147. The van der Waals surface area contributed by atoms with Gasteiger partial charge in [-0.15, -0.1) is 11.3 Å². The lowest BCUT2D eigenvalue weighted by molar-refractivity contribution is 0.669. The number of aromatic nitrogens is 7. The molecule has 0 fully saturated rings. The zero-order valence-corrected chi connectivity index (χ0v) is 49.8. The van der Waals surface area contributed by atoms with Gasteiger partial charge in [0.05, 0.1) is 56.7 Å². The predicted octanol–water partition coefficient (Wildman–Crippen LogP) is 21.8. The molecule has 11 heteroatoms. The molecular weight excluding hydrogens is 1170 g/mol. The zero-order chi connectivity index (χ0) is 61.2. The number of hydrogen-bond acceptors (Lipinski definition) is 9. The van der Waals surface area contributed by atoms with Gasteiger partial charge >= 0.3 is 0 Å². The first-order valence-corrected chi connectivity index (χ1v) is 31.0. The summed E-state index contributed by atoms with van der Waals surface area (Å²) in [5.74, 6) is 2.37. The van der Waals surface area contributed by atoms with Crippen LogP contribution >= 0.6 is 11.3 Å². The lowest BCUT2D eigenvalue weighted by Crippen LogP contribution is -2.01. The van der Waals surface area contributed by atoms with Crippen molar-refractivity contribution >= 4 is 97.1 Å². The SMILES string of the molecule is C.C.N#Cc1ccc(-c2cc(-c3ccccc3)nc(-c3cccc(-n4c5ccccc5c5cc6oc7ccccc7c6cc54)c3)n2)cc1.N#Cc1ccc(-c2nc(-c3ccccc3)nc(-c3cccc(-n4c5ccccc5c5cc6sc7ccccc7c6cc54)c3)n2)cc1.